The number of benzene rings is 1. The average Bonchev–Trinajstić information content (AvgIpc) is 2.41. The maximum atomic E-state index is 11.2. The van der Waals surface area contributed by atoms with Gasteiger partial charge in [0.15, 0.2) is 0 Å². The third-order valence-corrected chi connectivity index (χ3v) is 5.64. The fraction of sp³-hybridized carbons (Fsp3) is 0.684. The van der Waals surface area contributed by atoms with Crippen molar-refractivity contribution in [3.05, 3.63) is 35.4 Å². The van der Waals surface area contributed by atoms with Gasteiger partial charge in [-0.15, -0.1) is 0 Å². The van der Waals surface area contributed by atoms with Crippen LogP contribution in [-0.4, -0.2) is 5.11 Å². The first-order chi connectivity index (χ1) is 9.73. The van der Waals surface area contributed by atoms with E-state index < -0.39 is 5.60 Å². The van der Waals surface area contributed by atoms with Crippen LogP contribution in [0.4, 0.5) is 0 Å². The van der Waals surface area contributed by atoms with Crippen LogP contribution >= 0.6 is 0 Å². The van der Waals surface area contributed by atoms with Crippen molar-refractivity contribution < 1.29 is 5.11 Å². The third-order valence-electron chi connectivity index (χ3n) is 5.64. The minimum Gasteiger partial charge on any atom is -0.385 e. The molecule has 1 heteroatoms. The van der Waals surface area contributed by atoms with Gasteiger partial charge in [-0.25, -0.2) is 0 Å². The molecule has 3 rings (SSSR count). The van der Waals surface area contributed by atoms with Crippen LogP contribution in [0.25, 0.3) is 0 Å². The van der Waals surface area contributed by atoms with Crippen molar-refractivity contribution in [3.63, 3.8) is 0 Å². The highest BCUT2D eigenvalue weighted by Crippen LogP contribution is 2.46. The van der Waals surface area contributed by atoms with Crippen LogP contribution in [0.5, 0.6) is 0 Å². The molecule has 110 valence electrons. The van der Waals surface area contributed by atoms with Crippen molar-refractivity contribution in [2.75, 3.05) is 0 Å². The summed E-state index contributed by atoms with van der Waals surface area (Å²) in [6, 6.07) is 8.69. The molecular formula is C19H28O. The van der Waals surface area contributed by atoms with Crippen LogP contribution < -0.4 is 0 Å². The quantitative estimate of drug-likeness (QED) is 0.805. The molecule has 2 saturated carbocycles. The lowest BCUT2D eigenvalue weighted by atomic mass is 9.69. The Labute approximate surface area is 123 Å². The van der Waals surface area contributed by atoms with Crippen LogP contribution in [-0.2, 0) is 5.60 Å². The van der Waals surface area contributed by atoms with Gasteiger partial charge in [-0.2, -0.15) is 0 Å². The van der Waals surface area contributed by atoms with Gasteiger partial charge in [-0.05, 0) is 61.5 Å². The molecule has 1 nitrogen and oxygen atoms in total. The highest BCUT2D eigenvalue weighted by molar-refractivity contribution is 5.36. The first-order valence-electron chi connectivity index (χ1n) is 8.55. The van der Waals surface area contributed by atoms with E-state index in [-0.39, 0.29) is 0 Å². The maximum absolute atomic E-state index is 11.2. The van der Waals surface area contributed by atoms with Crippen LogP contribution in [0.15, 0.2) is 24.3 Å². The molecule has 0 aliphatic heterocycles. The lowest BCUT2D eigenvalue weighted by molar-refractivity contribution is -0.0165. The molecule has 0 amide bonds. The van der Waals surface area contributed by atoms with Gasteiger partial charge in [0.1, 0.15) is 0 Å². The molecule has 1 N–H and O–H groups in total. The largest absolute Gasteiger partial charge is 0.385 e. The smallest absolute Gasteiger partial charge is 0.0899 e. The fourth-order valence-corrected chi connectivity index (χ4v) is 4.12. The monoisotopic (exact) mass is 272 g/mol. The predicted octanol–water partition coefficient (Wildman–Crippen LogP) is 5.13. The minimum atomic E-state index is -0.545. The zero-order chi connectivity index (χ0) is 14.0. The Hall–Kier alpha value is -0.820. The van der Waals surface area contributed by atoms with E-state index in [1.54, 1.807) is 0 Å². The molecule has 2 aliphatic rings. The van der Waals surface area contributed by atoms with E-state index in [1.165, 1.54) is 56.1 Å². The first-order valence-corrected chi connectivity index (χ1v) is 8.55. The Kier molecular flexibility index (Phi) is 4.16. The molecule has 1 aromatic carbocycles. The van der Waals surface area contributed by atoms with Gasteiger partial charge in [-0.3, -0.25) is 0 Å². The summed E-state index contributed by atoms with van der Waals surface area (Å²) in [6.45, 7) is 2.27. The average molecular weight is 272 g/mol. The minimum absolute atomic E-state index is 0.545. The molecule has 0 radical (unpaired) electrons. The van der Waals surface area contributed by atoms with E-state index in [9.17, 15) is 5.11 Å². The Morgan fingerprint density at radius 2 is 1.80 bits per heavy atom. The molecule has 20 heavy (non-hydrogen) atoms. The van der Waals surface area contributed by atoms with Crippen LogP contribution in [0, 0.1) is 5.92 Å². The van der Waals surface area contributed by atoms with E-state index in [0.717, 1.165) is 18.8 Å². The molecule has 0 atom stereocenters. The van der Waals surface area contributed by atoms with Crippen LogP contribution in [0.1, 0.15) is 81.8 Å². The van der Waals surface area contributed by atoms with Crippen molar-refractivity contribution in [1.82, 2.24) is 0 Å². The van der Waals surface area contributed by atoms with Crippen molar-refractivity contribution >= 4 is 0 Å². The summed E-state index contributed by atoms with van der Waals surface area (Å²) in [6.07, 6.45) is 10.9. The third kappa shape index (κ3) is 2.65. The van der Waals surface area contributed by atoms with E-state index in [1.807, 2.05) is 0 Å². The molecule has 2 aliphatic carbocycles. The zero-order valence-corrected chi connectivity index (χ0v) is 12.8. The topological polar surface area (TPSA) is 20.2 Å². The standard InChI is InChI=1S/C19H28O/c1-2-6-15-11-13-19(20,14-12-15)18-10-4-3-9-17(18)16-7-5-8-16/h3-4,9-10,15-16,20H,2,5-8,11-14H2,1H3. The molecule has 0 saturated heterocycles. The summed E-state index contributed by atoms with van der Waals surface area (Å²) < 4.78 is 0. The van der Waals surface area contributed by atoms with Gasteiger partial charge >= 0.3 is 0 Å². The summed E-state index contributed by atoms with van der Waals surface area (Å²) in [5, 5.41) is 11.2. The molecule has 2 fully saturated rings. The Bertz CT molecular complexity index is 439. The molecule has 0 spiro atoms. The lowest BCUT2D eigenvalue weighted by Crippen LogP contribution is -2.33. The van der Waals surface area contributed by atoms with Crippen molar-refractivity contribution in [2.45, 2.75) is 76.2 Å². The SMILES string of the molecule is CCCC1CCC(O)(c2ccccc2C2CCC2)CC1. The van der Waals surface area contributed by atoms with Gasteiger partial charge < -0.3 is 5.11 Å². The second-order valence-electron chi connectivity index (χ2n) is 6.98. The van der Waals surface area contributed by atoms with Crippen molar-refractivity contribution in [2.24, 2.45) is 5.92 Å². The summed E-state index contributed by atoms with van der Waals surface area (Å²) in [5.74, 6) is 1.56. The van der Waals surface area contributed by atoms with Crippen LogP contribution in [0.2, 0.25) is 0 Å². The zero-order valence-electron chi connectivity index (χ0n) is 12.8. The van der Waals surface area contributed by atoms with Crippen molar-refractivity contribution in [3.8, 4) is 0 Å². The molecule has 1 aromatic rings. The van der Waals surface area contributed by atoms with E-state index in [0.29, 0.717) is 5.92 Å². The number of hydrogen-bond donors (Lipinski definition) is 1. The Morgan fingerprint density at radius 3 is 2.40 bits per heavy atom. The molecular weight excluding hydrogens is 244 g/mol. The lowest BCUT2D eigenvalue weighted by Gasteiger charge is -2.39. The number of hydrogen-bond acceptors (Lipinski definition) is 1. The summed E-state index contributed by atoms with van der Waals surface area (Å²) in [5.41, 5.74) is 2.14. The molecule has 0 aromatic heterocycles. The summed E-state index contributed by atoms with van der Waals surface area (Å²) in [4.78, 5) is 0. The van der Waals surface area contributed by atoms with Gasteiger partial charge in [-0.1, -0.05) is 50.5 Å². The van der Waals surface area contributed by atoms with E-state index >= 15 is 0 Å². The maximum Gasteiger partial charge on any atom is 0.0899 e. The van der Waals surface area contributed by atoms with E-state index in [4.69, 9.17) is 0 Å². The first kappa shape index (κ1) is 14.1. The molecule has 0 unspecified atom stereocenters. The van der Waals surface area contributed by atoms with E-state index in [2.05, 4.69) is 31.2 Å². The highest BCUT2D eigenvalue weighted by Gasteiger charge is 2.37. The molecule has 0 heterocycles. The van der Waals surface area contributed by atoms with Gasteiger partial charge in [0.2, 0.25) is 0 Å². The Morgan fingerprint density at radius 1 is 1.10 bits per heavy atom. The van der Waals surface area contributed by atoms with Crippen LogP contribution in [0.3, 0.4) is 0 Å². The predicted molar refractivity (Wildman–Crippen MR) is 83.8 cm³/mol. The summed E-state index contributed by atoms with van der Waals surface area (Å²) in [7, 11) is 0. The molecule has 0 bridgehead atoms. The number of aliphatic hydroxyl groups is 1. The van der Waals surface area contributed by atoms with Crippen molar-refractivity contribution in [1.29, 1.82) is 0 Å². The highest BCUT2D eigenvalue weighted by atomic mass is 16.3. The second-order valence-corrected chi connectivity index (χ2v) is 6.98. The fourth-order valence-electron chi connectivity index (χ4n) is 4.12. The van der Waals surface area contributed by atoms with Gasteiger partial charge in [0.25, 0.3) is 0 Å². The van der Waals surface area contributed by atoms with Gasteiger partial charge in [0.05, 0.1) is 5.60 Å². The normalized spacial score (nSPS) is 31.0. The Balaban J connectivity index is 1.78. The van der Waals surface area contributed by atoms with Gasteiger partial charge in [0, 0.05) is 0 Å². The second kappa shape index (κ2) is 5.89. The number of rotatable bonds is 4. The summed E-state index contributed by atoms with van der Waals surface area (Å²) >= 11 is 0.